The van der Waals surface area contributed by atoms with E-state index in [1.165, 1.54) is 23.9 Å². The molecule has 0 aliphatic carbocycles. The van der Waals surface area contributed by atoms with E-state index in [4.69, 9.17) is 21.1 Å². The topological polar surface area (TPSA) is 84.9 Å². The van der Waals surface area contributed by atoms with Gasteiger partial charge in [-0.05, 0) is 36.6 Å². The molecule has 1 aliphatic rings. The summed E-state index contributed by atoms with van der Waals surface area (Å²) in [6, 6.07) is 11.6. The number of thioether (sulfide) groups is 1. The van der Waals surface area contributed by atoms with Gasteiger partial charge in [-0.15, -0.1) is 11.8 Å². The Hall–Kier alpha value is -1.78. The van der Waals surface area contributed by atoms with Crippen molar-refractivity contribution >= 4 is 39.3 Å². The third kappa shape index (κ3) is 5.67. The molecule has 2 aromatic carbocycles. The highest BCUT2D eigenvalue weighted by molar-refractivity contribution is 7.98. The molecule has 2 aromatic rings. The van der Waals surface area contributed by atoms with E-state index in [0.717, 1.165) is 4.90 Å². The molecular formula is C20H23ClN2O5S2. The van der Waals surface area contributed by atoms with Crippen LogP contribution >= 0.6 is 23.4 Å². The number of carbonyl (C=O) groups is 1. The summed E-state index contributed by atoms with van der Waals surface area (Å²) in [6.07, 6.45) is 1.85. The Bertz CT molecular complexity index is 994. The number of benzene rings is 2. The quantitative estimate of drug-likeness (QED) is 0.471. The van der Waals surface area contributed by atoms with Gasteiger partial charge >= 0.3 is 0 Å². The number of hydrogen-bond donors (Lipinski definition) is 1. The van der Waals surface area contributed by atoms with Gasteiger partial charge in [-0.25, -0.2) is 13.1 Å². The van der Waals surface area contributed by atoms with Gasteiger partial charge in [0.25, 0.3) is 5.91 Å². The second kappa shape index (κ2) is 10.5. The Morgan fingerprint density at radius 3 is 2.67 bits per heavy atom. The van der Waals surface area contributed by atoms with Crippen LogP contribution in [0.1, 0.15) is 10.4 Å². The standard InChI is InChI=1S/C20H23ClN2O5S2/c1-29-19-7-6-15(14-16(19)20(24)23-9-12-27-13-10-23)30(25,26)22-8-11-28-18-5-3-2-4-17(18)21/h2-7,14,22H,8-13H2,1H3. The minimum Gasteiger partial charge on any atom is -0.491 e. The molecule has 1 N–H and O–H groups in total. The Morgan fingerprint density at radius 1 is 1.23 bits per heavy atom. The number of nitrogens with zero attached hydrogens (tertiary/aromatic N) is 1. The second-order valence-corrected chi connectivity index (χ2v) is 9.47. The monoisotopic (exact) mass is 470 g/mol. The number of carbonyl (C=O) groups excluding carboxylic acids is 1. The van der Waals surface area contributed by atoms with Gasteiger partial charge in [0.15, 0.2) is 0 Å². The minimum absolute atomic E-state index is 0.0367. The molecule has 1 aliphatic heterocycles. The van der Waals surface area contributed by atoms with Crippen molar-refractivity contribution in [1.82, 2.24) is 9.62 Å². The molecule has 1 saturated heterocycles. The molecule has 1 fully saturated rings. The highest BCUT2D eigenvalue weighted by Crippen LogP contribution is 2.26. The van der Waals surface area contributed by atoms with E-state index in [-0.39, 0.29) is 24.0 Å². The Kier molecular flexibility index (Phi) is 8.01. The summed E-state index contributed by atoms with van der Waals surface area (Å²) in [7, 11) is -3.80. The van der Waals surface area contributed by atoms with E-state index < -0.39 is 10.0 Å². The molecule has 0 bridgehead atoms. The maximum atomic E-state index is 12.9. The fraction of sp³-hybridized carbons (Fsp3) is 0.350. The van der Waals surface area contributed by atoms with Crippen LogP contribution in [0.5, 0.6) is 5.75 Å². The molecule has 10 heteroatoms. The van der Waals surface area contributed by atoms with Crippen molar-refractivity contribution in [2.75, 3.05) is 45.7 Å². The molecule has 3 rings (SSSR count). The fourth-order valence-electron chi connectivity index (χ4n) is 2.94. The molecule has 0 atom stereocenters. The molecule has 0 aromatic heterocycles. The van der Waals surface area contributed by atoms with E-state index >= 15 is 0 Å². The summed E-state index contributed by atoms with van der Waals surface area (Å²) >= 11 is 7.42. The number of nitrogens with one attached hydrogen (secondary N) is 1. The first-order valence-corrected chi connectivity index (χ1v) is 12.4. The number of hydrogen-bond acceptors (Lipinski definition) is 6. The first-order valence-electron chi connectivity index (χ1n) is 9.34. The first kappa shape index (κ1) is 22.9. The SMILES string of the molecule is CSc1ccc(S(=O)(=O)NCCOc2ccccc2Cl)cc1C(=O)N1CCOCC1. The number of rotatable bonds is 8. The van der Waals surface area contributed by atoms with Gasteiger partial charge in [-0.1, -0.05) is 23.7 Å². The average Bonchev–Trinajstić information content (AvgIpc) is 2.77. The van der Waals surface area contributed by atoms with E-state index in [0.29, 0.717) is 42.6 Å². The van der Waals surface area contributed by atoms with E-state index in [1.807, 2.05) is 6.26 Å². The van der Waals surface area contributed by atoms with Crippen molar-refractivity contribution < 1.29 is 22.7 Å². The lowest BCUT2D eigenvalue weighted by molar-refractivity contribution is 0.0300. The molecule has 0 unspecified atom stereocenters. The summed E-state index contributed by atoms with van der Waals surface area (Å²) in [4.78, 5) is 15.4. The van der Waals surface area contributed by atoms with Gasteiger partial charge in [0.05, 0.1) is 28.7 Å². The fourth-order valence-corrected chi connectivity index (χ4v) is 4.74. The largest absolute Gasteiger partial charge is 0.491 e. The summed E-state index contributed by atoms with van der Waals surface area (Å²) < 4.78 is 38.7. The van der Waals surface area contributed by atoms with Crippen LogP contribution in [0.2, 0.25) is 5.02 Å². The molecule has 0 radical (unpaired) electrons. The summed E-state index contributed by atoms with van der Waals surface area (Å²) in [5.74, 6) is 0.294. The predicted octanol–water partition coefficient (Wildman–Crippen LogP) is 2.89. The number of para-hydroxylation sites is 1. The molecule has 0 saturated carbocycles. The van der Waals surface area contributed by atoms with Crippen LogP contribution < -0.4 is 9.46 Å². The van der Waals surface area contributed by atoms with Crippen molar-refractivity contribution in [1.29, 1.82) is 0 Å². The molecular weight excluding hydrogens is 448 g/mol. The van der Waals surface area contributed by atoms with Gasteiger partial charge in [-0.2, -0.15) is 0 Å². The lowest BCUT2D eigenvalue weighted by Gasteiger charge is -2.27. The van der Waals surface area contributed by atoms with Gasteiger partial charge < -0.3 is 14.4 Å². The van der Waals surface area contributed by atoms with Crippen molar-refractivity contribution in [3.63, 3.8) is 0 Å². The van der Waals surface area contributed by atoms with Crippen LogP contribution in [-0.4, -0.2) is 64.9 Å². The molecule has 30 heavy (non-hydrogen) atoms. The van der Waals surface area contributed by atoms with E-state index in [1.54, 1.807) is 35.2 Å². The first-order chi connectivity index (χ1) is 14.4. The van der Waals surface area contributed by atoms with Crippen LogP contribution in [-0.2, 0) is 14.8 Å². The zero-order chi connectivity index (χ0) is 21.6. The number of sulfonamides is 1. The number of ether oxygens (including phenoxy) is 2. The molecule has 162 valence electrons. The van der Waals surface area contributed by atoms with E-state index in [9.17, 15) is 13.2 Å². The highest BCUT2D eigenvalue weighted by Gasteiger charge is 2.24. The summed E-state index contributed by atoms with van der Waals surface area (Å²) in [5, 5.41) is 0.458. The minimum atomic E-state index is -3.80. The third-order valence-corrected chi connectivity index (χ3v) is 7.07. The maximum absolute atomic E-state index is 12.9. The van der Waals surface area contributed by atoms with Gasteiger partial charge in [0.2, 0.25) is 10.0 Å². The smallest absolute Gasteiger partial charge is 0.255 e. The Morgan fingerprint density at radius 2 is 1.97 bits per heavy atom. The lowest BCUT2D eigenvalue weighted by Crippen LogP contribution is -2.41. The number of morpholine rings is 1. The summed E-state index contributed by atoms with van der Waals surface area (Å²) in [5.41, 5.74) is 0.375. The summed E-state index contributed by atoms with van der Waals surface area (Å²) in [6.45, 7) is 2.11. The lowest BCUT2D eigenvalue weighted by atomic mass is 10.2. The zero-order valence-electron chi connectivity index (χ0n) is 16.5. The van der Waals surface area contributed by atoms with Crippen LogP contribution in [0.3, 0.4) is 0 Å². The Balaban J connectivity index is 1.69. The Labute approximate surface area is 185 Å². The van der Waals surface area contributed by atoms with Crippen LogP contribution in [0.4, 0.5) is 0 Å². The van der Waals surface area contributed by atoms with Gasteiger partial charge in [0.1, 0.15) is 12.4 Å². The van der Waals surface area contributed by atoms with Crippen molar-refractivity contribution in [3.8, 4) is 5.75 Å². The number of amides is 1. The molecule has 7 nitrogen and oxygen atoms in total. The van der Waals surface area contributed by atoms with Crippen LogP contribution in [0, 0.1) is 0 Å². The molecule has 0 spiro atoms. The van der Waals surface area contributed by atoms with Gasteiger partial charge in [-0.3, -0.25) is 4.79 Å². The number of halogens is 1. The van der Waals surface area contributed by atoms with Crippen LogP contribution in [0.25, 0.3) is 0 Å². The predicted molar refractivity (Wildman–Crippen MR) is 117 cm³/mol. The van der Waals surface area contributed by atoms with E-state index in [2.05, 4.69) is 4.72 Å². The maximum Gasteiger partial charge on any atom is 0.255 e. The van der Waals surface area contributed by atoms with Crippen molar-refractivity contribution in [2.45, 2.75) is 9.79 Å². The average molecular weight is 471 g/mol. The third-order valence-electron chi connectivity index (χ3n) is 4.50. The van der Waals surface area contributed by atoms with Crippen molar-refractivity contribution in [3.05, 3.63) is 53.1 Å². The molecule has 1 heterocycles. The van der Waals surface area contributed by atoms with Crippen LogP contribution in [0.15, 0.2) is 52.3 Å². The molecule has 1 amide bonds. The zero-order valence-corrected chi connectivity index (χ0v) is 18.9. The normalized spacial score (nSPS) is 14.5. The van der Waals surface area contributed by atoms with Crippen molar-refractivity contribution in [2.24, 2.45) is 0 Å². The highest BCUT2D eigenvalue weighted by atomic mass is 35.5. The second-order valence-electron chi connectivity index (χ2n) is 6.44. The van der Waals surface area contributed by atoms with Gasteiger partial charge in [0, 0.05) is 24.5 Å².